The number of hydrogen-bond donors (Lipinski definition) is 5. The fraction of sp³-hybridized carbons (Fsp3) is 0.393. The van der Waals surface area contributed by atoms with E-state index in [1.54, 1.807) is 30.5 Å². The van der Waals surface area contributed by atoms with E-state index in [2.05, 4.69) is 35.1 Å². The Kier molecular flexibility index (Phi) is 11.4. The highest BCUT2D eigenvalue weighted by Gasteiger charge is 2.26. The molecule has 230 valence electrons. The molecule has 2 heterocycles. The minimum atomic E-state index is -1.14. The van der Waals surface area contributed by atoms with Gasteiger partial charge in [-0.05, 0) is 48.9 Å². The van der Waals surface area contributed by atoms with Crippen molar-refractivity contribution in [1.82, 2.24) is 25.6 Å². The molecule has 0 saturated heterocycles. The fourth-order valence-electron chi connectivity index (χ4n) is 4.35. The zero-order valence-electron chi connectivity index (χ0n) is 24.0. The number of fused-ring (bicyclic) bond motifs is 1. The molecule has 1 aromatic carbocycles. The summed E-state index contributed by atoms with van der Waals surface area (Å²) in [4.78, 5) is 82.9. The van der Waals surface area contributed by atoms with E-state index in [1.165, 1.54) is 7.11 Å². The Hall–Kier alpha value is -5.21. The lowest BCUT2D eigenvalue weighted by Crippen LogP contribution is -2.44. The van der Waals surface area contributed by atoms with Crippen LogP contribution in [0.15, 0.2) is 35.3 Å². The average Bonchev–Trinajstić information content (AvgIpc) is 3.42. The molecule has 43 heavy (non-hydrogen) atoms. The number of nitrogens with two attached hydrogens (primary N) is 1. The third-order valence-corrected chi connectivity index (χ3v) is 6.68. The first-order valence-corrected chi connectivity index (χ1v) is 13.3. The maximum atomic E-state index is 12.9. The number of ether oxygens (including phenoxy) is 3. The first kappa shape index (κ1) is 32.3. The first-order valence-electron chi connectivity index (χ1n) is 13.3. The SMILES string of the molecule is COC(=O)CC[C@H](NC(=O)CC[C@H](NC(=O)c1ccc(CCc2c[nH]c3nc(N)[nH]c(=O)c23)cc1)C(=O)OC)C(=O)OC. The Morgan fingerprint density at radius 1 is 0.884 bits per heavy atom. The molecule has 15 heteroatoms. The minimum Gasteiger partial charge on any atom is -0.469 e. The number of H-pyrrole nitrogens is 2. The zero-order valence-corrected chi connectivity index (χ0v) is 24.0. The van der Waals surface area contributed by atoms with Gasteiger partial charge in [-0.15, -0.1) is 0 Å². The second kappa shape index (κ2) is 15.1. The number of aromatic nitrogens is 3. The van der Waals surface area contributed by atoms with Gasteiger partial charge in [-0.1, -0.05) is 12.1 Å². The smallest absolute Gasteiger partial charge is 0.328 e. The lowest BCUT2D eigenvalue weighted by molar-refractivity contribution is -0.147. The average molecular weight is 599 g/mol. The van der Waals surface area contributed by atoms with E-state index in [0.29, 0.717) is 23.9 Å². The van der Waals surface area contributed by atoms with E-state index >= 15 is 0 Å². The molecule has 0 aliphatic heterocycles. The van der Waals surface area contributed by atoms with Gasteiger partial charge in [-0.25, -0.2) is 9.59 Å². The van der Waals surface area contributed by atoms with Crippen LogP contribution in [-0.4, -0.2) is 78.1 Å². The van der Waals surface area contributed by atoms with Crippen LogP contribution in [0.1, 0.15) is 47.2 Å². The van der Waals surface area contributed by atoms with E-state index in [-0.39, 0.29) is 42.8 Å². The third kappa shape index (κ3) is 8.89. The lowest BCUT2D eigenvalue weighted by Gasteiger charge is -2.18. The van der Waals surface area contributed by atoms with Gasteiger partial charge in [0.2, 0.25) is 11.9 Å². The second-order valence-corrected chi connectivity index (χ2v) is 9.53. The molecule has 2 amide bonds. The molecule has 6 N–H and O–H groups in total. The maximum absolute atomic E-state index is 12.9. The van der Waals surface area contributed by atoms with E-state index in [9.17, 15) is 28.8 Å². The van der Waals surface area contributed by atoms with Crippen molar-refractivity contribution in [2.45, 2.75) is 50.6 Å². The number of benzene rings is 1. The number of hydrogen-bond acceptors (Lipinski definition) is 11. The van der Waals surface area contributed by atoms with E-state index in [4.69, 9.17) is 10.5 Å². The molecule has 3 aromatic rings. The number of rotatable bonds is 14. The number of carbonyl (C=O) groups is 5. The molecular formula is C28H34N6O9. The Labute approximate surface area is 245 Å². The normalized spacial score (nSPS) is 12.2. The van der Waals surface area contributed by atoms with Gasteiger partial charge in [-0.2, -0.15) is 4.98 Å². The van der Waals surface area contributed by atoms with Crippen molar-refractivity contribution in [2.24, 2.45) is 0 Å². The van der Waals surface area contributed by atoms with Crippen molar-refractivity contribution >= 4 is 46.7 Å². The first-order chi connectivity index (χ1) is 20.6. The number of carbonyl (C=O) groups excluding carboxylic acids is 5. The van der Waals surface area contributed by atoms with Gasteiger partial charge in [0.25, 0.3) is 11.5 Å². The summed E-state index contributed by atoms with van der Waals surface area (Å²) in [6.07, 6.45) is 2.31. The van der Waals surface area contributed by atoms with E-state index < -0.39 is 41.8 Å². The molecule has 0 spiro atoms. The Morgan fingerprint density at radius 2 is 1.51 bits per heavy atom. The molecule has 0 aliphatic carbocycles. The standard InChI is InChI=1S/C28H34N6O9/c1-41-21(36)13-11-18(26(39)42-2)31-20(35)12-10-19(27(40)43-3)32-24(37)16-7-4-15(5-8-16)6-9-17-14-30-23-22(17)25(38)34-28(29)33-23/h4-5,7-8,14,18-19H,6,9-13H2,1-3H3,(H,31,35)(H,32,37)(H4,29,30,33,34,38)/t18-,19-/m0/s1. The molecule has 15 nitrogen and oxygen atoms in total. The van der Waals surface area contributed by atoms with Crippen molar-refractivity contribution < 1.29 is 38.2 Å². The highest BCUT2D eigenvalue weighted by molar-refractivity contribution is 5.97. The fourth-order valence-corrected chi connectivity index (χ4v) is 4.35. The summed E-state index contributed by atoms with van der Waals surface area (Å²) >= 11 is 0. The third-order valence-electron chi connectivity index (χ3n) is 6.68. The molecule has 3 rings (SSSR count). The molecule has 0 aliphatic rings. The van der Waals surface area contributed by atoms with Crippen molar-refractivity contribution in [3.63, 3.8) is 0 Å². The summed E-state index contributed by atoms with van der Waals surface area (Å²) in [7, 11) is 3.51. The lowest BCUT2D eigenvalue weighted by atomic mass is 10.0. The van der Waals surface area contributed by atoms with Gasteiger partial charge in [0, 0.05) is 24.6 Å². The predicted molar refractivity (Wildman–Crippen MR) is 153 cm³/mol. The molecule has 0 saturated carbocycles. The monoisotopic (exact) mass is 598 g/mol. The number of nitrogens with zero attached hydrogens (tertiary/aromatic N) is 1. The Morgan fingerprint density at radius 3 is 2.14 bits per heavy atom. The van der Waals surface area contributed by atoms with Crippen molar-refractivity contribution in [1.29, 1.82) is 0 Å². The number of aromatic amines is 2. The van der Waals surface area contributed by atoms with Crippen LogP contribution in [0.25, 0.3) is 11.0 Å². The molecule has 0 radical (unpaired) electrons. The summed E-state index contributed by atoms with van der Waals surface area (Å²) in [6.45, 7) is 0. The quantitative estimate of drug-likeness (QED) is 0.125. The van der Waals surface area contributed by atoms with Crippen LogP contribution in [0, 0.1) is 0 Å². The van der Waals surface area contributed by atoms with Crippen LogP contribution in [0.2, 0.25) is 0 Å². The topological polar surface area (TPSA) is 225 Å². The number of nitrogens with one attached hydrogen (secondary N) is 4. The van der Waals surface area contributed by atoms with Gasteiger partial charge in [-0.3, -0.25) is 24.2 Å². The van der Waals surface area contributed by atoms with Gasteiger partial charge < -0.3 is 35.6 Å². The number of nitrogen functional groups attached to an aromatic ring is 1. The van der Waals surface area contributed by atoms with Crippen LogP contribution in [0.3, 0.4) is 0 Å². The van der Waals surface area contributed by atoms with Gasteiger partial charge >= 0.3 is 17.9 Å². The largest absolute Gasteiger partial charge is 0.469 e. The van der Waals surface area contributed by atoms with Crippen LogP contribution in [0.4, 0.5) is 5.95 Å². The van der Waals surface area contributed by atoms with Gasteiger partial charge in [0.1, 0.15) is 17.7 Å². The van der Waals surface area contributed by atoms with Crippen molar-refractivity contribution in [3.05, 3.63) is 57.5 Å². The zero-order chi connectivity index (χ0) is 31.5. The summed E-state index contributed by atoms with van der Waals surface area (Å²) in [5.41, 5.74) is 7.62. The molecule has 0 unspecified atom stereocenters. The summed E-state index contributed by atoms with van der Waals surface area (Å²) in [6, 6.07) is 4.47. The van der Waals surface area contributed by atoms with Crippen molar-refractivity contribution in [2.75, 3.05) is 27.1 Å². The number of anilines is 1. The van der Waals surface area contributed by atoms with Gasteiger partial charge in [0.15, 0.2) is 0 Å². The van der Waals surface area contributed by atoms with Crippen molar-refractivity contribution in [3.8, 4) is 0 Å². The summed E-state index contributed by atoms with van der Waals surface area (Å²) in [5, 5.41) is 5.48. The van der Waals surface area contributed by atoms with E-state index in [1.807, 2.05) is 0 Å². The molecular weight excluding hydrogens is 564 g/mol. The van der Waals surface area contributed by atoms with Gasteiger partial charge in [0.05, 0.1) is 26.7 Å². The molecule has 0 fully saturated rings. The number of esters is 3. The van der Waals surface area contributed by atoms with Crippen LogP contribution in [-0.2, 0) is 46.2 Å². The number of methoxy groups -OCH3 is 3. The number of aryl methyl sites for hydroxylation is 2. The maximum Gasteiger partial charge on any atom is 0.328 e. The predicted octanol–water partition coefficient (Wildman–Crippen LogP) is 0.281. The Balaban J connectivity index is 1.57. The van der Waals surface area contributed by atoms with Crippen LogP contribution in [0.5, 0.6) is 0 Å². The Bertz CT molecular complexity index is 1530. The van der Waals surface area contributed by atoms with Crippen LogP contribution < -0.4 is 21.9 Å². The molecule has 2 atom stereocenters. The minimum absolute atomic E-state index is 0.0251. The summed E-state index contributed by atoms with van der Waals surface area (Å²) < 4.78 is 14.0. The highest BCUT2D eigenvalue weighted by atomic mass is 16.5. The summed E-state index contributed by atoms with van der Waals surface area (Å²) in [5.74, 6) is -3.17. The van der Waals surface area contributed by atoms with E-state index in [0.717, 1.165) is 25.3 Å². The molecule has 2 aromatic heterocycles. The molecule has 0 bridgehead atoms. The highest BCUT2D eigenvalue weighted by Crippen LogP contribution is 2.16. The van der Waals surface area contributed by atoms with Crippen LogP contribution >= 0.6 is 0 Å². The second-order valence-electron chi connectivity index (χ2n) is 9.53. The number of amides is 2.